The first-order valence-corrected chi connectivity index (χ1v) is 7.01. The molecule has 1 aliphatic rings. The SMILES string of the molecule is Nc1cc(F)ccc1NC(=O)Cn1cnc2c1CCCC2. The number of nitrogen functional groups attached to an aromatic ring is 1. The topological polar surface area (TPSA) is 72.9 Å². The number of rotatable bonds is 3. The number of imidazole rings is 1. The Kier molecular flexibility index (Phi) is 3.60. The number of nitrogens with one attached hydrogen (secondary N) is 1. The molecule has 1 heterocycles. The second-order valence-electron chi connectivity index (χ2n) is 5.25. The maximum atomic E-state index is 13.0. The Morgan fingerprint density at radius 2 is 2.19 bits per heavy atom. The summed E-state index contributed by atoms with van der Waals surface area (Å²) in [5.41, 5.74) is 8.56. The number of benzene rings is 1. The van der Waals surface area contributed by atoms with Gasteiger partial charge in [0, 0.05) is 5.69 Å². The molecule has 0 spiro atoms. The van der Waals surface area contributed by atoms with Gasteiger partial charge in [0.15, 0.2) is 0 Å². The van der Waals surface area contributed by atoms with Crippen LogP contribution in [0.3, 0.4) is 0 Å². The molecule has 0 unspecified atom stereocenters. The molecule has 1 aromatic heterocycles. The number of hydrogen-bond donors (Lipinski definition) is 2. The summed E-state index contributed by atoms with van der Waals surface area (Å²) in [5, 5.41) is 2.70. The van der Waals surface area contributed by atoms with Crippen molar-refractivity contribution in [2.75, 3.05) is 11.1 Å². The minimum atomic E-state index is -0.422. The van der Waals surface area contributed by atoms with Gasteiger partial charge in [0.05, 0.1) is 23.4 Å². The van der Waals surface area contributed by atoms with E-state index in [0.717, 1.165) is 37.1 Å². The molecule has 6 heteroatoms. The zero-order valence-corrected chi connectivity index (χ0v) is 11.6. The van der Waals surface area contributed by atoms with Crippen LogP contribution in [0.5, 0.6) is 0 Å². The molecule has 1 aliphatic carbocycles. The molecule has 110 valence electrons. The van der Waals surface area contributed by atoms with Crippen LogP contribution >= 0.6 is 0 Å². The number of anilines is 2. The van der Waals surface area contributed by atoms with Crippen LogP contribution in [0.1, 0.15) is 24.2 Å². The Morgan fingerprint density at radius 1 is 1.38 bits per heavy atom. The molecular weight excluding hydrogens is 271 g/mol. The highest BCUT2D eigenvalue weighted by atomic mass is 19.1. The Bertz CT molecular complexity index is 680. The van der Waals surface area contributed by atoms with Crippen molar-refractivity contribution in [3.8, 4) is 0 Å². The molecule has 3 rings (SSSR count). The first kappa shape index (κ1) is 13.6. The number of carbonyl (C=O) groups excluding carboxylic acids is 1. The van der Waals surface area contributed by atoms with Crippen LogP contribution < -0.4 is 11.1 Å². The lowest BCUT2D eigenvalue weighted by Crippen LogP contribution is -2.21. The van der Waals surface area contributed by atoms with E-state index >= 15 is 0 Å². The van der Waals surface area contributed by atoms with Crippen molar-refractivity contribution in [1.82, 2.24) is 9.55 Å². The maximum Gasteiger partial charge on any atom is 0.244 e. The molecule has 5 nitrogen and oxygen atoms in total. The van der Waals surface area contributed by atoms with Gasteiger partial charge in [-0.3, -0.25) is 4.79 Å². The molecule has 0 atom stereocenters. The standard InChI is InChI=1S/C15H17FN4O/c16-10-5-6-12(11(17)7-10)19-15(21)8-20-9-18-13-3-1-2-4-14(13)20/h5-7,9H,1-4,8,17H2,(H,19,21). The quantitative estimate of drug-likeness (QED) is 0.850. The largest absolute Gasteiger partial charge is 0.397 e. The number of aromatic nitrogens is 2. The van der Waals surface area contributed by atoms with Crippen LogP contribution in [0.25, 0.3) is 0 Å². The number of halogens is 1. The predicted octanol–water partition coefficient (Wildman–Crippen LogP) is 2.12. The van der Waals surface area contributed by atoms with Crippen molar-refractivity contribution in [2.45, 2.75) is 32.2 Å². The van der Waals surface area contributed by atoms with E-state index in [1.165, 1.54) is 18.2 Å². The molecule has 0 saturated carbocycles. The summed E-state index contributed by atoms with van der Waals surface area (Å²) in [5.74, 6) is -0.617. The highest BCUT2D eigenvalue weighted by Gasteiger charge is 2.17. The number of nitrogens with two attached hydrogens (primary N) is 1. The number of amides is 1. The lowest BCUT2D eigenvalue weighted by molar-refractivity contribution is -0.116. The number of carbonyl (C=O) groups is 1. The molecule has 0 saturated heterocycles. The molecule has 0 bridgehead atoms. The summed E-state index contributed by atoms with van der Waals surface area (Å²) >= 11 is 0. The van der Waals surface area contributed by atoms with E-state index in [4.69, 9.17) is 5.73 Å². The van der Waals surface area contributed by atoms with Crippen LogP contribution in [-0.4, -0.2) is 15.5 Å². The van der Waals surface area contributed by atoms with E-state index in [0.29, 0.717) is 5.69 Å². The monoisotopic (exact) mass is 288 g/mol. The minimum absolute atomic E-state index is 0.194. The normalized spacial score (nSPS) is 13.8. The van der Waals surface area contributed by atoms with Gasteiger partial charge >= 0.3 is 0 Å². The number of aryl methyl sites for hydroxylation is 1. The lowest BCUT2D eigenvalue weighted by atomic mass is 10.0. The summed E-state index contributed by atoms with van der Waals surface area (Å²) in [6, 6.07) is 3.92. The molecule has 1 aromatic carbocycles. The van der Waals surface area contributed by atoms with Crippen LogP contribution in [0.2, 0.25) is 0 Å². The van der Waals surface area contributed by atoms with Gasteiger partial charge in [-0.15, -0.1) is 0 Å². The molecule has 0 radical (unpaired) electrons. The number of fused-ring (bicyclic) bond motifs is 1. The Hall–Kier alpha value is -2.37. The third kappa shape index (κ3) is 2.89. The van der Waals surface area contributed by atoms with Gasteiger partial charge in [0.2, 0.25) is 5.91 Å². The van der Waals surface area contributed by atoms with E-state index in [2.05, 4.69) is 10.3 Å². The Morgan fingerprint density at radius 3 is 3.00 bits per heavy atom. The van der Waals surface area contributed by atoms with Crippen LogP contribution in [0.4, 0.5) is 15.8 Å². The van der Waals surface area contributed by atoms with Crippen molar-refractivity contribution in [3.05, 3.63) is 41.7 Å². The highest BCUT2D eigenvalue weighted by molar-refractivity contribution is 5.93. The van der Waals surface area contributed by atoms with Gasteiger partial charge in [-0.05, 0) is 43.9 Å². The third-order valence-electron chi connectivity index (χ3n) is 3.71. The Balaban J connectivity index is 1.70. The van der Waals surface area contributed by atoms with Gasteiger partial charge in [-0.2, -0.15) is 0 Å². The fourth-order valence-corrected chi connectivity index (χ4v) is 2.66. The van der Waals surface area contributed by atoms with E-state index < -0.39 is 5.82 Å². The first-order chi connectivity index (χ1) is 10.1. The van der Waals surface area contributed by atoms with Crippen LogP contribution in [0, 0.1) is 5.82 Å². The number of nitrogens with zero attached hydrogens (tertiary/aromatic N) is 2. The third-order valence-corrected chi connectivity index (χ3v) is 3.71. The summed E-state index contributed by atoms with van der Waals surface area (Å²) in [6.07, 6.45) is 5.94. The molecule has 0 fully saturated rings. The smallest absolute Gasteiger partial charge is 0.244 e. The lowest BCUT2D eigenvalue weighted by Gasteiger charge is -2.14. The van der Waals surface area contributed by atoms with Crippen molar-refractivity contribution in [2.24, 2.45) is 0 Å². The highest BCUT2D eigenvalue weighted by Crippen LogP contribution is 2.21. The molecular formula is C15H17FN4O. The van der Waals surface area contributed by atoms with Gasteiger partial charge in [-0.25, -0.2) is 9.37 Å². The molecule has 21 heavy (non-hydrogen) atoms. The van der Waals surface area contributed by atoms with Gasteiger partial charge in [-0.1, -0.05) is 0 Å². The summed E-state index contributed by atoms with van der Waals surface area (Å²) in [7, 11) is 0. The molecule has 3 N–H and O–H groups in total. The average Bonchev–Trinajstić information content (AvgIpc) is 2.85. The van der Waals surface area contributed by atoms with Crippen LogP contribution in [-0.2, 0) is 24.2 Å². The second-order valence-corrected chi connectivity index (χ2v) is 5.25. The van der Waals surface area contributed by atoms with Gasteiger partial charge < -0.3 is 15.6 Å². The van der Waals surface area contributed by atoms with Crippen molar-refractivity contribution in [1.29, 1.82) is 0 Å². The van der Waals surface area contributed by atoms with Crippen molar-refractivity contribution >= 4 is 17.3 Å². The number of hydrogen-bond acceptors (Lipinski definition) is 3. The zero-order valence-electron chi connectivity index (χ0n) is 11.6. The molecule has 1 amide bonds. The van der Waals surface area contributed by atoms with E-state index in [-0.39, 0.29) is 18.1 Å². The summed E-state index contributed by atoms with van der Waals surface area (Å²) < 4.78 is 14.9. The fraction of sp³-hybridized carbons (Fsp3) is 0.333. The van der Waals surface area contributed by atoms with Crippen molar-refractivity contribution < 1.29 is 9.18 Å². The second kappa shape index (κ2) is 5.55. The van der Waals surface area contributed by atoms with E-state index in [1.54, 1.807) is 6.33 Å². The first-order valence-electron chi connectivity index (χ1n) is 7.01. The van der Waals surface area contributed by atoms with Gasteiger partial charge in [0.1, 0.15) is 12.4 Å². The summed E-state index contributed by atoms with van der Waals surface area (Å²) in [6.45, 7) is 0.194. The fourth-order valence-electron chi connectivity index (χ4n) is 2.66. The average molecular weight is 288 g/mol. The van der Waals surface area contributed by atoms with Crippen LogP contribution in [0.15, 0.2) is 24.5 Å². The van der Waals surface area contributed by atoms with E-state index in [9.17, 15) is 9.18 Å². The maximum absolute atomic E-state index is 13.0. The Labute approximate surface area is 122 Å². The van der Waals surface area contributed by atoms with E-state index in [1.807, 2.05) is 4.57 Å². The van der Waals surface area contributed by atoms with Gasteiger partial charge in [0.25, 0.3) is 0 Å². The molecule has 2 aromatic rings. The predicted molar refractivity (Wildman–Crippen MR) is 78.3 cm³/mol. The van der Waals surface area contributed by atoms with Crippen molar-refractivity contribution in [3.63, 3.8) is 0 Å². The molecule has 0 aliphatic heterocycles. The summed E-state index contributed by atoms with van der Waals surface area (Å²) in [4.78, 5) is 16.4. The minimum Gasteiger partial charge on any atom is -0.397 e. The zero-order chi connectivity index (χ0) is 14.8.